The van der Waals surface area contributed by atoms with Gasteiger partial charge in [-0.2, -0.15) is 9.97 Å². The van der Waals surface area contributed by atoms with Crippen LogP contribution in [0.25, 0.3) is 11.2 Å². The van der Waals surface area contributed by atoms with Crippen LogP contribution in [0.1, 0.15) is 5.56 Å². The highest BCUT2D eigenvalue weighted by atomic mass is 19.1. The predicted octanol–water partition coefficient (Wildman–Crippen LogP) is 2.24. The molecule has 2 heterocycles. The van der Waals surface area contributed by atoms with Gasteiger partial charge in [0, 0.05) is 19.7 Å². The Morgan fingerprint density at radius 3 is 2.45 bits per heavy atom. The molecule has 8 heteroatoms. The Morgan fingerprint density at radius 1 is 1.09 bits per heavy atom. The molecule has 0 saturated heterocycles. The van der Waals surface area contributed by atoms with Crippen LogP contribution in [0.3, 0.4) is 0 Å². The number of anilines is 2. The third kappa shape index (κ3) is 2.32. The quantitative estimate of drug-likeness (QED) is 0.774. The number of rotatable bonds is 4. The molecule has 0 atom stereocenters. The van der Waals surface area contributed by atoms with Crippen LogP contribution in [0.15, 0.2) is 24.5 Å². The number of hydrogen-bond donors (Lipinski definition) is 2. The number of hydrogen-bond acceptors (Lipinski definition) is 5. The molecule has 0 aliphatic carbocycles. The standard InChI is InChI=1S/C14H14F2N6/c1-17-12-11-13(21-14(18-2)20-12)22(7-19-11)6-8-9(15)4-3-5-10(8)16/h3-5,7H,6H2,1-2H3,(H2,17,18,20,21). The first-order valence-corrected chi connectivity index (χ1v) is 6.65. The lowest BCUT2D eigenvalue weighted by Crippen LogP contribution is -2.07. The van der Waals surface area contributed by atoms with Crippen LogP contribution >= 0.6 is 0 Å². The molecule has 0 bridgehead atoms. The van der Waals surface area contributed by atoms with Crippen molar-refractivity contribution in [3.05, 3.63) is 41.7 Å². The average molecular weight is 304 g/mol. The molecule has 0 saturated carbocycles. The molecule has 0 spiro atoms. The third-order valence-corrected chi connectivity index (χ3v) is 3.31. The van der Waals surface area contributed by atoms with E-state index in [9.17, 15) is 8.78 Å². The molecule has 0 amide bonds. The van der Waals surface area contributed by atoms with Gasteiger partial charge in [0.25, 0.3) is 0 Å². The lowest BCUT2D eigenvalue weighted by molar-refractivity contribution is 0.546. The van der Waals surface area contributed by atoms with Crippen molar-refractivity contribution in [1.29, 1.82) is 0 Å². The van der Waals surface area contributed by atoms with Crippen LogP contribution in [-0.2, 0) is 6.54 Å². The first-order chi connectivity index (χ1) is 10.6. The van der Waals surface area contributed by atoms with E-state index in [1.54, 1.807) is 18.7 Å². The van der Waals surface area contributed by atoms with Gasteiger partial charge in [0.2, 0.25) is 5.95 Å². The van der Waals surface area contributed by atoms with E-state index < -0.39 is 11.6 Å². The highest BCUT2D eigenvalue weighted by Gasteiger charge is 2.15. The summed E-state index contributed by atoms with van der Waals surface area (Å²) in [6.45, 7) is -0.00166. The molecule has 1 aromatic carbocycles. The van der Waals surface area contributed by atoms with Crippen molar-refractivity contribution >= 4 is 22.9 Å². The molecule has 3 rings (SSSR count). The maximum atomic E-state index is 13.8. The van der Waals surface area contributed by atoms with Crippen LogP contribution in [-0.4, -0.2) is 33.6 Å². The van der Waals surface area contributed by atoms with Crippen LogP contribution in [0.4, 0.5) is 20.5 Å². The lowest BCUT2D eigenvalue weighted by atomic mass is 10.2. The summed E-state index contributed by atoms with van der Waals surface area (Å²) in [5.41, 5.74) is 1.00. The number of benzene rings is 1. The van der Waals surface area contributed by atoms with E-state index in [4.69, 9.17) is 0 Å². The molecule has 2 N–H and O–H groups in total. The summed E-state index contributed by atoms with van der Waals surface area (Å²) in [6, 6.07) is 3.79. The number of nitrogens with one attached hydrogen (secondary N) is 2. The Kier molecular flexibility index (Phi) is 3.58. The molecule has 0 aliphatic rings. The normalized spacial score (nSPS) is 10.9. The molecule has 0 aliphatic heterocycles. The van der Waals surface area contributed by atoms with Gasteiger partial charge in [-0.3, -0.25) is 0 Å². The topological polar surface area (TPSA) is 67.7 Å². The zero-order valence-electron chi connectivity index (χ0n) is 12.1. The number of imidazole rings is 1. The molecule has 22 heavy (non-hydrogen) atoms. The summed E-state index contributed by atoms with van der Waals surface area (Å²) in [4.78, 5) is 12.8. The molecule has 3 aromatic rings. The predicted molar refractivity (Wildman–Crippen MR) is 79.9 cm³/mol. The van der Waals surface area contributed by atoms with Crippen molar-refractivity contribution < 1.29 is 8.78 Å². The van der Waals surface area contributed by atoms with E-state index in [0.717, 1.165) is 0 Å². The fourth-order valence-corrected chi connectivity index (χ4v) is 2.20. The largest absolute Gasteiger partial charge is 0.371 e. The zero-order chi connectivity index (χ0) is 15.7. The van der Waals surface area contributed by atoms with Crippen molar-refractivity contribution in [3.63, 3.8) is 0 Å². The Balaban J connectivity index is 2.12. The maximum Gasteiger partial charge on any atom is 0.226 e. The lowest BCUT2D eigenvalue weighted by Gasteiger charge is -2.08. The minimum Gasteiger partial charge on any atom is -0.371 e. The summed E-state index contributed by atoms with van der Waals surface area (Å²) in [5, 5.41) is 5.78. The molecular formula is C14H14F2N6. The summed E-state index contributed by atoms with van der Waals surface area (Å²) < 4.78 is 29.2. The van der Waals surface area contributed by atoms with E-state index in [-0.39, 0.29) is 12.1 Å². The van der Waals surface area contributed by atoms with Gasteiger partial charge in [0.05, 0.1) is 12.9 Å². The van der Waals surface area contributed by atoms with E-state index >= 15 is 0 Å². The van der Waals surface area contributed by atoms with Gasteiger partial charge in [-0.25, -0.2) is 13.8 Å². The minimum atomic E-state index is -0.599. The fourth-order valence-electron chi connectivity index (χ4n) is 2.20. The van der Waals surface area contributed by atoms with Gasteiger partial charge in [0.1, 0.15) is 11.6 Å². The van der Waals surface area contributed by atoms with Crippen molar-refractivity contribution in [2.45, 2.75) is 6.54 Å². The SMILES string of the molecule is CNc1nc(NC)c2ncn(Cc3c(F)cccc3F)c2n1. The van der Waals surface area contributed by atoms with E-state index in [2.05, 4.69) is 25.6 Å². The number of nitrogens with zero attached hydrogens (tertiary/aromatic N) is 4. The van der Waals surface area contributed by atoms with Gasteiger partial charge >= 0.3 is 0 Å². The van der Waals surface area contributed by atoms with E-state index in [1.807, 2.05) is 0 Å². The summed E-state index contributed by atoms with van der Waals surface area (Å²) in [7, 11) is 3.41. The molecule has 0 unspecified atom stereocenters. The van der Waals surface area contributed by atoms with Gasteiger partial charge in [0.15, 0.2) is 17.0 Å². The van der Waals surface area contributed by atoms with Crippen molar-refractivity contribution in [2.75, 3.05) is 24.7 Å². The molecule has 0 fully saturated rings. The van der Waals surface area contributed by atoms with E-state index in [1.165, 1.54) is 24.5 Å². The fraction of sp³-hybridized carbons (Fsp3) is 0.214. The second-order valence-electron chi connectivity index (χ2n) is 4.64. The van der Waals surface area contributed by atoms with Crippen molar-refractivity contribution in [3.8, 4) is 0 Å². The second-order valence-corrected chi connectivity index (χ2v) is 4.64. The third-order valence-electron chi connectivity index (χ3n) is 3.31. The highest BCUT2D eigenvalue weighted by molar-refractivity contribution is 5.84. The van der Waals surface area contributed by atoms with E-state index in [0.29, 0.717) is 22.9 Å². The maximum absolute atomic E-state index is 13.8. The van der Waals surface area contributed by atoms with Gasteiger partial charge in [-0.05, 0) is 12.1 Å². The molecule has 0 radical (unpaired) electrons. The first-order valence-electron chi connectivity index (χ1n) is 6.65. The Bertz CT molecular complexity index is 809. The van der Waals surface area contributed by atoms with Crippen LogP contribution in [0.5, 0.6) is 0 Å². The Morgan fingerprint density at radius 2 is 1.82 bits per heavy atom. The van der Waals surface area contributed by atoms with Crippen LogP contribution in [0, 0.1) is 11.6 Å². The van der Waals surface area contributed by atoms with Crippen LogP contribution in [0.2, 0.25) is 0 Å². The number of halogens is 2. The Labute approximate surface area is 125 Å². The summed E-state index contributed by atoms with van der Waals surface area (Å²) in [6.07, 6.45) is 1.49. The molecule has 114 valence electrons. The highest BCUT2D eigenvalue weighted by Crippen LogP contribution is 2.22. The van der Waals surface area contributed by atoms with Crippen LogP contribution < -0.4 is 10.6 Å². The molecule has 2 aromatic heterocycles. The second kappa shape index (κ2) is 5.55. The Hall–Kier alpha value is -2.77. The summed E-state index contributed by atoms with van der Waals surface area (Å²) >= 11 is 0. The first kappa shape index (κ1) is 14.2. The number of fused-ring (bicyclic) bond motifs is 1. The minimum absolute atomic E-state index is 0.00166. The smallest absolute Gasteiger partial charge is 0.226 e. The molecular weight excluding hydrogens is 290 g/mol. The van der Waals surface area contributed by atoms with Gasteiger partial charge in [-0.15, -0.1) is 0 Å². The monoisotopic (exact) mass is 304 g/mol. The number of aromatic nitrogens is 4. The molecule has 6 nitrogen and oxygen atoms in total. The average Bonchev–Trinajstić information content (AvgIpc) is 2.93. The van der Waals surface area contributed by atoms with Crippen molar-refractivity contribution in [1.82, 2.24) is 19.5 Å². The van der Waals surface area contributed by atoms with Crippen molar-refractivity contribution in [2.24, 2.45) is 0 Å². The van der Waals surface area contributed by atoms with Gasteiger partial charge in [-0.1, -0.05) is 6.07 Å². The summed E-state index contributed by atoms with van der Waals surface area (Å²) in [5.74, 6) is -0.258. The van der Waals surface area contributed by atoms with Gasteiger partial charge < -0.3 is 15.2 Å². The zero-order valence-corrected chi connectivity index (χ0v) is 12.1.